The van der Waals surface area contributed by atoms with Crippen LogP contribution in [0.5, 0.6) is 0 Å². The molecule has 0 atom stereocenters. The first-order valence-electron chi connectivity index (χ1n) is 8.02. The second kappa shape index (κ2) is 6.47. The molecule has 0 aliphatic carbocycles. The van der Waals surface area contributed by atoms with Crippen molar-refractivity contribution in [2.24, 2.45) is 0 Å². The fourth-order valence-electron chi connectivity index (χ4n) is 2.79. The Morgan fingerprint density at radius 2 is 1.80 bits per heavy atom. The zero-order chi connectivity index (χ0) is 17.3. The molecule has 8 heteroatoms. The van der Waals surface area contributed by atoms with E-state index in [4.69, 9.17) is 4.74 Å². The van der Waals surface area contributed by atoms with Gasteiger partial charge in [0.25, 0.3) is 0 Å². The molecule has 0 unspecified atom stereocenters. The summed E-state index contributed by atoms with van der Waals surface area (Å²) in [6, 6.07) is 12.5. The van der Waals surface area contributed by atoms with Crippen LogP contribution < -0.4 is 5.32 Å². The fourth-order valence-corrected chi connectivity index (χ4v) is 4.20. The normalized spacial score (nSPS) is 16.2. The number of morpholine rings is 1. The average molecular weight is 358 g/mol. The number of fused-ring (bicyclic) bond motifs is 1. The zero-order valence-electron chi connectivity index (χ0n) is 13.5. The number of sulfonamides is 1. The maximum Gasteiger partial charge on any atom is 0.243 e. The van der Waals surface area contributed by atoms with Gasteiger partial charge in [-0.05, 0) is 42.5 Å². The van der Waals surface area contributed by atoms with Gasteiger partial charge < -0.3 is 15.0 Å². The average Bonchev–Trinajstić information content (AvgIpc) is 3.11. The van der Waals surface area contributed by atoms with E-state index in [1.807, 2.05) is 24.4 Å². The van der Waals surface area contributed by atoms with Crippen molar-refractivity contribution >= 4 is 32.6 Å². The van der Waals surface area contributed by atoms with Crippen LogP contribution in [0, 0.1) is 0 Å². The van der Waals surface area contributed by atoms with E-state index in [1.54, 1.807) is 24.3 Å². The van der Waals surface area contributed by atoms with Gasteiger partial charge in [0.1, 0.15) is 11.5 Å². The zero-order valence-corrected chi connectivity index (χ0v) is 14.3. The lowest BCUT2D eigenvalue weighted by molar-refractivity contribution is 0.0730. The van der Waals surface area contributed by atoms with E-state index in [2.05, 4.69) is 15.3 Å². The number of anilines is 2. The minimum absolute atomic E-state index is 0.285. The van der Waals surface area contributed by atoms with E-state index in [0.29, 0.717) is 32.1 Å². The molecule has 0 amide bonds. The molecule has 7 nitrogen and oxygen atoms in total. The van der Waals surface area contributed by atoms with Crippen molar-refractivity contribution in [1.82, 2.24) is 14.3 Å². The molecule has 0 bridgehead atoms. The largest absolute Gasteiger partial charge is 0.379 e. The van der Waals surface area contributed by atoms with E-state index < -0.39 is 10.0 Å². The number of H-pyrrole nitrogens is 1. The first kappa shape index (κ1) is 16.1. The Balaban J connectivity index is 1.53. The van der Waals surface area contributed by atoms with Crippen molar-refractivity contribution in [2.75, 3.05) is 31.6 Å². The Kier molecular flexibility index (Phi) is 4.16. The van der Waals surface area contributed by atoms with Gasteiger partial charge >= 0.3 is 0 Å². The third kappa shape index (κ3) is 3.23. The molecule has 2 N–H and O–H groups in total. The highest BCUT2D eigenvalue weighted by molar-refractivity contribution is 7.89. The first-order valence-corrected chi connectivity index (χ1v) is 9.46. The molecule has 1 aliphatic heterocycles. The summed E-state index contributed by atoms with van der Waals surface area (Å²) >= 11 is 0. The second-order valence-electron chi connectivity index (χ2n) is 5.78. The summed E-state index contributed by atoms with van der Waals surface area (Å²) < 4.78 is 31.9. The highest BCUT2D eigenvalue weighted by Crippen LogP contribution is 2.22. The molecule has 130 valence electrons. The molecule has 3 heterocycles. The molecule has 25 heavy (non-hydrogen) atoms. The molecule has 1 saturated heterocycles. The molecule has 3 aromatic rings. The number of aromatic nitrogens is 2. The van der Waals surface area contributed by atoms with Gasteiger partial charge in [0, 0.05) is 30.4 Å². The Bertz CT molecular complexity index is 977. The molecule has 1 aliphatic rings. The van der Waals surface area contributed by atoms with Crippen LogP contribution >= 0.6 is 0 Å². The molecule has 1 aromatic carbocycles. The van der Waals surface area contributed by atoms with Crippen LogP contribution in [0.1, 0.15) is 0 Å². The van der Waals surface area contributed by atoms with Crippen LogP contribution in [-0.2, 0) is 14.8 Å². The highest BCUT2D eigenvalue weighted by atomic mass is 32.2. The molecule has 0 spiro atoms. The van der Waals surface area contributed by atoms with E-state index >= 15 is 0 Å². The van der Waals surface area contributed by atoms with Gasteiger partial charge in [0.2, 0.25) is 10.0 Å². The Morgan fingerprint density at radius 3 is 2.56 bits per heavy atom. The number of rotatable bonds is 4. The minimum atomic E-state index is -3.47. The van der Waals surface area contributed by atoms with Crippen LogP contribution in [0.4, 0.5) is 11.5 Å². The number of hydrogen-bond acceptors (Lipinski definition) is 5. The topological polar surface area (TPSA) is 87.3 Å². The minimum Gasteiger partial charge on any atom is -0.379 e. The number of nitrogens with one attached hydrogen (secondary N) is 2. The number of ether oxygens (including phenoxy) is 1. The molecule has 4 rings (SSSR count). The molecular formula is C17H18N4O3S. The molecule has 0 saturated carbocycles. The van der Waals surface area contributed by atoms with Gasteiger partial charge in [-0.25, -0.2) is 13.4 Å². The molecule has 1 fully saturated rings. The summed E-state index contributed by atoms with van der Waals surface area (Å²) in [7, 11) is -3.47. The van der Waals surface area contributed by atoms with Crippen LogP contribution in [0.25, 0.3) is 11.0 Å². The summed E-state index contributed by atoms with van der Waals surface area (Å²) in [5.74, 6) is 0.693. The Hall–Kier alpha value is -2.42. The summed E-state index contributed by atoms with van der Waals surface area (Å²) in [5.41, 5.74) is 1.58. The molecule has 2 aromatic heterocycles. The molecular weight excluding hydrogens is 340 g/mol. The van der Waals surface area contributed by atoms with Crippen LogP contribution in [0.3, 0.4) is 0 Å². The third-order valence-corrected chi connectivity index (χ3v) is 6.06. The lowest BCUT2D eigenvalue weighted by Gasteiger charge is -2.26. The van der Waals surface area contributed by atoms with Crippen LogP contribution in [-0.4, -0.2) is 49.0 Å². The summed E-state index contributed by atoms with van der Waals surface area (Å²) in [5, 5.41) is 4.22. The van der Waals surface area contributed by atoms with E-state index in [-0.39, 0.29) is 4.90 Å². The van der Waals surface area contributed by atoms with E-state index in [9.17, 15) is 8.42 Å². The number of aromatic amines is 1. The van der Waals surface area contributed by atoms with E-state index in [1.165, 1.54) is 4.31 Å². The highest BCUT2D eigenvalue weighted by Gasteiger charge is 2.26. The van der Waals surface area contributed by atoms with Gasteiger partial charge in [0.05, 0.1) is 18.1 Å². The van der Waals surface area contributed by atoms with Crippen molar-refractivity contribution in [1.29, 1.82) is 0 Å². The Labute approximate surface area is 145 Å². The summed E-state index contributed by atoms with van der Waals surface area (Å²) in [6.45, 7) is 1.66. The maximum atomic E-state index is 12.6. The SMILES string of the molecule is O=S(=O)(c1ccc(Nc2ccc3cc[nH]c3n2)cc1)N1CCOCC1. The lowest BCUT2D eigenvalue weighted by Crippen LogP contribution is -2.40. The summed E-state index contributed by atoms with van der Waals surface area (Å²) in [6.07, 6.45) is 1.84. The molecule has 0 radical (unpaired) electrons. The third-order valence-electron chi connectivity index (χ3n) is 4.14. The number of nitrogens with zero attached hydrogens (tertiary/aromatic N) is 2. The predicted molar refractivity (Wildman–Crippen MR) is 95.4 cm³/mol. The van der Waals surface area contributed by atoms with Gasteiger partial charge in [0.15, 0.2) is 0 Å². The number of benzene rings is 1. The first-order chi connectivity index (χ1) is 12.1. The van der Waals surface area contributed by atoms with Gasteiger partial charge in [-0.2, -0.15) is 4.31 Å². The van der Waals surface area contributed by atoms with Crippen LogP contribution in [0.15, 0.2) is 53.6 Å². The number of pyridine rings is 1. The van der Waals surface area contributed by atoms with Gasteiger partial charge in [-0.1, -0.05) is 0 Å². The summed E-state index contributed by atoms with van der Waals surface area (Å²) in [4.78, 5) is 7.82. The quantitative estimate of drug-likeness (QED) is 0.747. The van der Waals surface area contributed by atoms with Crippen molar-refractivity contribution in [3.63, 3.8) is 0 Å². The number of hydrogen-bond donors (Lipinski definition) is 2. The second-order valence-corrected chi connectivity index (χ2v) is 7.72. The monoisotopic (exact) mass is 358 g/mol. The predicted octanol–water partition coefficient (Wildman–Crippen LogP) is 2.33. The maximum absolute atomic E-state index is 12.6. The van der Waals surface area contributed by atoms with Crippen molar-refractivity contribution in [2.45, 2.75) is 4.90 Å². The van der Waals surface area contributed by atoms with Crippen molar-refractivity contribution in [3.05, 3.63) is 48.7 Å². The van der Waals surface area contributed by atoms with Gasteiger partial charge in [-0.15, -0.1) is 0 Å². The van der Waals surface area contributed by atoms with Crippen LogP contribution in [0.2, 0.25) is 0 Å². The lowest BCUT2D eigenvalue weighted by atomic mass is 10.3. The Morgan fingerprint density at radius 1 is 1.04 bits per heavy atom. The smallest absolute Gasteiger partial charge is 0.243 e. The van der Waals surface area contributed by atoms with Crippen molar-refractivity contribution < 1.29 is 13.2 Å². The van der Waals surface area contributed by atoms with E-state index in [0.717, 1.165) is 16.7 Å². The van der Waals surface area contributed by atoms with Gasteiger partial charge in [-0.3, -0.25) is 0 Å². The standard InChI is InChI=1S/C17H18N4O3S/c22-25(23,21-9-11-24-12-10-21)15-4-2-14(3-5-15)19-16-6-1-13-7-8-18-17(13)20-16/h1-8H,9-12H2,(H2,18,19,20). The fraction of sp³-hybridized carbons (Fsp3) is 0.235. The van der Waals surface area contributed by atoms with Crippen molar-refractivity contribution in [3.8, 4) is 0 Å².